The van der Waals surface area contributed by atoms with Gasteiger partial charge in [-0.1, -0.05) is 39.5 Å². The van der Waals surface area contributed by atoms with Crippen LogP contribution >= 0.6 is 0 Å². The van der Waals surface area contributed by atoms with Crippen LogP contribution in [0.2, 0.25) is 0 Å². The van der Waals surface area contributed by atoms with Gasteiger partial charge in [-0.15, -0.1) is 0 Å². The van der Waals surface area contributed by atoms with Crippen LogP contribution in [0.5, 0.6) is 0 Å². The highest BCUT2D eigenvalue weighted by Gasteiger charge is 2.63. The Morgan fingerprint density at radius 3 is 1.48 bits per heavy atom. The molecule has 156 valence electrons. The highest BCUT2D eigenvalue weighted by molar-refractivity contribution is 5.96. The Morgan fingerprint density at radius 2 is 1.15 bits per heavy atom. The zero-order valence-electron chi connectivity index (χ0n) is 17.9. The summed E-state index contributed by atoms with van der Waals surface area (Å²) in [5.74, 6) is 0.615. The molecule has 0 atom stereocenters. The van der Waals surface area contributed by atoms with Gasteiger partial charge in [0.2, 0.25) is 0 Å². The molecule has 0 heterocycles. The monoisotopic (exact) mass is 378 g/mol. The zero-order chi connectivity index (χ0) is 19.2. The van der Waals surface area contributed by atoms with Gasteiger partial charge in [0.25, 0.3) is 0 Å². The molecule has 0 amide bonds. The van der Waals surface area contributed by atoms with E-state index in [0.717, 1.165) is 71.0 Å². The lowest BCUT2D eigenvalue weighted by molar-refractivity contribution is -0.173. The first-order chi connectivity index (χ1) is 13.1. The lowest BCUT2D eigenvalue weighted by atomic mass is 9.44. The van der Waals surface area contributed by atoms with Crippen molar-refractivity contribution in [3.05, 3.63) is 0 Å². The topological polar surface area (TPSA) is 35.5 Å². The quantitative estimate of drug-likeness (QED) is 0.423. The van der Waals surface area contributed by atoms with Crippen LogP contribution in [0.1, 0.15) is 110 Å². The molecule has 0 aromatic heterocycles. The van der Waals surface area contributed by atoms with E-state index in [2.05, 4.69) is 13.8 Å². The molecule has 0 saturated heterocycles. The molecule has 3 aliphatic carbocycles. The van der Waals surface area contributed by atoms with E-state index in [1.54, 1.807) is 0 Å². The van der Waals surface area contributed by atoms with Gasteiger partial charge in [0.05, 0.1) is 12.2 Å². The summed E-state index contributed by atoms with van der Waals surface area (Å²) in [6.45, 7) is 6.27. The molecule has 0 aromatic rings. The van der Waals surface area contributed by atoms with E-state index in [1.807, 2.05) is 0 Å². The van der Waals surface area contributed by atoms with Crippen molar-refractivity contribution in [3.63, 3.8) is 0 Å². The Bertz CT molecular complexity index is 416. The summed E-state index contributed by atoms with van der Waals surface area (Å²) in [4.78, 5) is 13.2. The Labute approximate surface area is 167 Å². The lowest BCUT2D eigenvalue weighted by Crippen LogP contribution is -2.60. The minimum Gasteiger partial charge on any atom is -0.378 e. The smallest absolute Gasteiger partial charge is 0.145 e. The van der Waals surface area contributed by atoms with E-state index in [0.29, 0.717) is 18.0 Å². The first-order valence-corrected chi connectivity index (χ1v) is 11.9. The van der Waals surface area contributed by atoms with Gasteiger partial charge in [-0.05, 0) is 70.6 Å². The van der Waals surface area contributed by atoms with Crippen molar-refractivity contribution in [2.75, 3.05) is 13.2 Å². The summed E-state index contributed by atoms with van der Waals surface area (Å²) < 4.78 is 12.1. The normalized spacial score (nSPS) is 36.3. The van der Waals surface area contributed by atoms with Crippen LogP contribution in [0.15, 0.2) is 0 Å². The summed E-state index contributed by atoms with van der Waals surface area (Å²) in [6, 6.07) is 0. The van der Waals surface area contributed by atoms with E-state index in [4.69, 9.17) is 9.47 Å². The van der Waals surface area contributed by atoms with E-state index in [-0.39, 0.29) is 10.8 Å². The van der Waals surface area contributed by atoms with Crippen LogP contribution in [-0.2, 0) is 14.3 Å². The van der Waals surface area contributed by atoms with E-state index < -0.39 is 0 Å². The first kappa shape index (κ1) is 21.3. The predicted octanol–water partition coefficient (Wildman–Crippen LogP) is 6.23. The summed E-state index contributed by atoms with van der Waals surface area (Å²) in [7, 11) is 0. The number of hydrogen-bond donors (Lipinski definition) is 0. The summed E-state index contributed by atoms with van der Waals surface area (Å²) in [6.07, 6.45) is 18.0. The predicted molar refractivity (Wildman–Crippen MR) is 110 cm³/mol. The van der Waals surface area contributed by atoms with Crippen LogP contribution in [0, 0.1) is 10.8 Å². The number of unbranched alkanes of at least 4 members (excludes halogenated alkanes) is 4. The van der Waals surface area contributed by atoms with Crippen molar-refractivity contribution >= 4 is 5.78 Å². The number of ether oxygens (including phenoxy) is 2. The molecule has 3 nitrogen and oxygen atoms in total. The highest BCUT2D eigenvalue weighted by Crippen LogP contribution is 2.63. The second kappa shape index (κ2) is 9.87. The molecule has 0 aliphatic heterocycles. The standard InChI is InChI=1S/C24H42O3/c1-3-5-7-17-26-20-9-13-23(14-10-20)19-24(22(23)25)15-11-21(12-16-24)27-18-8-6-4-2/h20-21H,3-19H2,1-2H3/t20?,21?,23-,24-. The van der Waals surface area contributed by atoms with Gasteiger partial charge in [-0.3, -0.25) is 4.79 Å². The largest absolute Gasteiger partial charge is 0.378 e. The molecule has 0 aromatic carbocycles. The maximum atomic E-state index is 13.2. The number of Topliss-reactive ketones (excluding diaryl/α,β-unsaturated/α-hetero) is 1. The van der Waals surface area contributed by atoms with Crippen molar-refractivity contribution in [1.29, 1.82) is 0 Å². The Balaban J connectivity index is 1.37. The molecule has 3 rings (SSSR count). The zero-order valence-corrected chi connectivity index (χ0v) is 17.9. The van der Waals surface area contributed by atoms with Gasteiger partial charge in [0.15, 0.2) is 0 Å². The Morgan fingerprint density at radius 1 is 0.741 bits per heavy atom. The fraction of sp³-hybridized carbons (Fsp3) is 0.958. The number of carbonyl (C=O) groups excluding carboxylic acids is 1. The summed E-state index contributed by atoms with van der Waals surface area (Å²) in [5, 5.41) is 0. The van der Waals surface area contributed by atoms with Crippen molar-refractivity contribution in [3.8, 4) is 0 Å². The molecule has 0 radical (unpaired) electrons. The maximum Gasteiger partial charge on any atom is 0.145 e. The van der Waals surface area contributed by atoms with E-state index in [1.165, 1.54) is 38.5 Å². The van der Waals surface area contributed by atoms with E-state index in [9.17, 15) is 4.79 Å². The number of rotatable bonds is 10. The SMILES string of the molecule is CCCCCOC1CC[C@]2(CC1)C[C@@]1(CCC(OCCCCC)CC1)C2=O. The van der Waals surface area contributed by atoms with Gasteiger partial charge in [-0.25, -0.2) is 0 Å². The molecule has 27 heavy (non-hydrogen) atoms. The molecule has 0 bridgehead atoms. The maximum absolute atomic E-state index is 13.2. The minimum absolute atomic E-state index is 0.0259. The number of hydrogen-bond acceptors (Lipinski definition) is 3. The fourth-order valence-corrected chi connectivity index (χ4v) is 5.90. The molecule has 3 heteroatoms. The van der Waals surface area contributed by atoms with Crippen molar-refractivity contribution in [1.82, 2.24) is 0 Å². The van der Waals surface area contributed by atoms with Crippen molar-refractivity contribution in [2.45, 2.75) is 122 Å². The van der Waals surface area contributed by atoms with Crippen LogP contribution in [-0.4, -0.2) is 31.2 Å². The number of ketones is 1. The lowest BCUT2D eigenvalue weighted by Gasteiger charge is -2.59. The second-order valence-electron chi connectivity index (χ2n) is 9.62. The molecular formula is C24H42O3. The van der Waals surface area contributed by atoms with E-state index >= 15 is 0 Å². The van der Waals surface area contributed by atoms with Crippen LogP contribution in [0.3, 0.4) is 0 Å². The second-order valence-corrected chi connectivity index (χ2v) is 9.62. The summed E-state index contributed by atoms with van der Waals surface area (Å²) >= 11 is 0. The highest BCUT2D eigenvalue weighted by atomic mass is 16.5. The average molecular weight is 379 g/mol. The minimum atomic E-state index is 0.0259. The molecule has 2 spiro atoms. The molecular weight excluding hydrogens is 336 g/mol. The van der Waals surface area contributed by atoms with Crippen LogP contribution in [0.25, 0.3) is 0 Å². The van der Waals surface area contributed by atoms with Gasteiger partial charge < -0.3 is 9.47 Å². The molecule has 0 N–H and O–H groups in total. The van der Waals surface area contributed by atoms with Gasteiger partial charge in [-0.2, -0.15) is 0 Å². The summed E-state index contributed by atoms with van der Waals surface area (Å²) in [5.41, 5.74) is 0.0518. The third-order valence-electron chi connectivity index (χ3n) is 7.62. The van der Waals surface area contributed by atoms with Crippen LogP contribution < -0.4 is 0 Å². The fourth-order valence-electron chi connectivity index (χ4n) is 5.90. The van der Waals surface area contributed by atoms with Crippen molar-refractivity contribution in [2.24, 2.45) is 10.8 Å². The molecule has 3 aliphatic rings. The van der Waals surface area contributed by atoms with Crippen molar-refractivity contribution < 1.29 is 14.3 Å². The first-order valence-electron chi connectivity index (χ1n) is 11.9. The third-order valence-corrected chi connectivity index (χ3v) is 7.62. The number of carbonyl (C=O) groups is 1. The molecule has 3 saturated carbocycles. The molecule has 0 unspecified atom stereocenters. The van der Waals surface area contributed by atoms with Gasteiger partial charge in [0.1, 0.15) is 5.78 Å². The van der Waals surface area contributed by atoms with Gasteiger partial charge in [0, 0.05) is 24.0 Å². The average Bonchev–Trinajstić information content (AvgIpc) is 2.71. The third kappa shape index (κ3) is 4.96. The molecule has 3 fully saturated rings. The van der Waals surface area contributed by atoms with Crippen LogP contribution in [0.4, 0.5) is 0 Å². The Hall–Kier alpha value is -0.410. The Kier molecular flexibility index (Phi) is 7.79. The van der Waals surface area contributed by atoms with Gasteiger partial charge >= 0.3 is 0 Å².